The predicted octanol–water partition coefficient (Wildman–Crippen LogP) is 3.42. The molecule has 4 N–H and O–H groups in total. The van der Waals surface area contributed by atoms with Gasteiger partial charge in [-0.15, -0.1) is 0 Å². The number of halogens is 1. The van der Waals surface area contributed by atoms with E-state index >= 15 is 0 Å². The number of hydrogen-bond acceptors (Lipinski definition) is 4. The van der Waals surface area contributed by atoms with E-state index < -0.39 is 0 Å². The first-order valence-electron chi connectivity index (χ1n) is 7.09. The molecule has 0 aliphatic rings. The van der Waals surface area contributed by atoms with Crippen molar-refractivity contribution in [3.8, 4) is 17.0 Å². The number of anilines is 2. The number of hydrogen-bond donors (Lipinski definition) is 2. The summed E-state index contributed by atoms with van der Waals surface area (Å²) in [5.74, 6) is 1.07. The molecule has 3 rings (SSSR count). The van der Waals surface area contributed by atoms with Gasteiger partial charge in [0.15, 0.2) is 5.82 Å². The van der Waals surface area contributed by atoms with Gasteiger partial charge in [-0.1, -0.05) is 35.9 Å². The highest BCUT2D eigenvalue weighted by Gasteiger charge is 2.16. The summed E-state index contributed by atoms with van der Waals surface area (Å²) in [5, 5.41) is 5.05. The van der Waals surface area contributed by atoms with Crippen molar-refractivity contribution in [2.24, 2.45) is 0 Å². The van der Waals surface area contributed by atoms with Gasteiger partial charge in [0.05, 0.1) is 19.3 Å². The summed E-state index contributed by atoms with van der Waals surface area (Å²) in [6.07, 6.45) is 0. The second-order valence-electron chi connectivity index (χ2n) is 5.16. The number of nitrogen functional groups attached to an aromatic ring is 2. The quantitative estimate of drug-likeness (QED) is 0.769. The van der Waals surface area contributed by atoms with Gasteiger partial charge in [-0.2, -0.15) is 5.10 Å². The Kier molecular flexibility index (Phi) is 4.12. The van der Waals surface area contributed by atoms with Crippen molar-refractivity contribution in [2.75, 3.05) is 18.6 Å². The van der Waals surface area contributed by atoms with Crippen molar-refractivity contribution in [1.29, 1.82) is 0 Å². The van der Waals surface area contributed by atoms with Gasteiger partial charge < -0.3 is 16.2 Å². The fraction of sp³-hybridized carbons (Fsp3) is 0.118. The summed E-state index contributed by atoms with van der Waals surface area (Å²) in [6, 6.07) is 15.2. The molecule has 0 amide bonds. The van der Waals surface area contributed by atoms with E-state index in [-0.39, 0.29) is 0 Å². The highest BCUT2D eigenvalue weighted by molar-refractivity contribution is 6.30. The molecule has 1 aromatic heterocycles. The van der Waals surface area contributed by atoms with Crippen LogP contribution in [0.15, 0.2) is 48.5 Å². The average Bonchev–Trinajstić information content (AvgIpc) is 2.84. The number of benzene rings is 2. The molecule has 0 fully saturated rings. The molecule has 0 unspecified atom stereocenters. The molecular weight excluding hydrogens is 312 g/mol. The van der Waals surface area contributed by atoms with Crippen LogP contribution in [0.25, 0.3) is 11.3 Å². The van der Waals surface area contributed by atoms with Crippen LogP contribution in [0.2, 0.25) is 5.02 Å². The monoisotopic (exact) mass is 328 g/mol. The molecule has 23 heavy (non-hydrogen) atoms. The van der Waals surface area contributed by atoms with Gasteiger partial charge in [0.1, 0.15) is 11.4 Å². The van der Waals surface area contributed by atoms with Crippen molar-refractivity contribution < 1.29 is 4.74 Å². The number of ether oxygens (including phenoxy) is 1. The largest absolute Gasteiger partial charge is 0.497 e. The van der Waals surface area contributed by atoms with E-state index in [9.17, 15) is 0 Å². The van der Waals surface area contributed by atoms with Crippen molar-refractivity contribution in [3.05, 3.63) is 59.1 Å². The van der Waals surface area contributed by atoms with Crippen LogP contribution in [0.4, 0.5) is 11.5 Å². The minimum absolute atomic E-state index is 0.316. The Hall–Kier alpha value is -2.66. The van der Waals surface area contributed by atoms with E-state index in [0.29, 0.717) is 23.1 Å². The number of nitrogens with two attached hydrogens (primary N) is 2. The molecule has 0 atom stereocenters. The zero-order valence-corrected chi connectivity index (χ0v) is 13.4. The third-order valence-corrected chi connectivity index (χ3v) is 3.86. The topological polar surface area (TPSA) is 79.1 Å². The molecule has 0 bridgehead atoms. The number of methoxy groups -OCH3 is 1. The molecule has 0 saturated heterocycles. The highest BCUT2D eigenvalue weighted by Crippen LogP contribution is 2.32. The van der Waals surface area contributed by atoms with Gasteiger partial charge in [-0.05, 0) is 29.8 Å². The first-order chi connectivity index (χ1) is 11.1. The van der Waals surface area contributed by atoms with Crippen LogP contribution in [0, 0.1) is 0 Å². The SMILES string of the molecule is COc1cccc(-c2c(N)c(N)nn2Cc2ccc(Cl)cc2)c1. The standard InChI is InChI=1S/C17H17ClN4O/c1-23-14-4-2-3-12(9-14)16-15(19)17(20)21-22(16)10-11-5-7-13(18)8-6-11/h2-9H,10,19H2,1H3,(H2,20,21). The van der Waals surface area contributed by atoms with Gasteiger partial charge in [0.25, 0.3) is 0 Å². The summed E-state index contributed by atoms with van der Waals surface area (Å²) in [5.41, 5.74) is 15.3. The molecule has 0 aliphatic heterocycles. The van der Waals surface area contributed by atoms with Crippen LogP contribution in [-0.2, 0) is 6.54 Å². The summed E-state index contributed by atoms with van der Waals surface area (Å²) in [7, 11) is 1.63. The molecule has 1 heterocycles. The normalized spacial score (nSPS) is 10.7. The fourth-order valence-electron chi connectivity index (χ4n) is 2.45. The van der Waals surface area contributed by atoms with E-state index in [1.807, 2.05) is 48.5 Å². The Bertz CT molecular complexity index is 827. The van der Waals surface area contributed by atoms with E-state index in [0.717, 1.165) is 22.6 Å². The molecule has 3 aromatic rings. The van der Waals surface area contributed by atoms with Crippen LogP contribution < -0.4 is 16.2 Å². The lowest BCUT2D eigenvalue weighted by atomic mass is 10.1. The van der Waals surface area contributed by atoms with Gasteiger partial charge >= 0.3 is 0 Å². The van der Waals surface area contributed by atoms with Crippen molar-refractivity contribution >= 4 is 23.1 Å². The number of aromatic nitrogens is 2. The fourth-order valence-corrected chi connectivity index (χ4v) is 2.57. The van der Waals surface area contributed by atoms with Crippen molar-refractivity contribution in [1.82, 2.24) is 9.78 Å². The predicted molar refractivity (Wildman–Crippen MR) is 93.6 cm³/mol. The summed E-state index contributed by atoms with van der Waals surface area (Å²) in [6.45, 7) is 0.547. The molecule has 0 saturated carbocycles. The smallest absolute Gasteiger partial charge is 0.169 e. The lowest BCUT2D eigenvalue weighted by molar-refractivity contribution is 0.415. The Balaban J connectivity index is 2.04. The third kappa shape index (κ3) is 3.10. The minimum atomic E-state index is 0.316. The maximum atomic E-state index is 6.13. The van der Waals surface area contributed by atoms with Gasteiger partial charge in [0.2, 0.25) is 0 Å². The maximum Gasteiger partial charge on any atom is 0.169 e. The Morgan fingerprint density at radius 2 is 1.87 bits per heavy atom. The summed E-state index contributed by atoms with van der Waals surface area (Å²) >= 11 is 5.93. The highest BCUT2D eigenvalue weighted by atomic mass is 35.5. The molecule has 0 spiro atoms. The summed E-state index contributed by atoms with van der Waals surface area (Å²) in [4.78, 5) is 0. The molecule has 0 aliphatic carbocycles. The lowest BCUT2D eigenvalue weighted by Gasteiger charge is -2.10. The second kappa shape index (κ2) is 6.22. The van der Waals surface area contributed by atoms with Gasteiger partial charge in [0, 0.05) is 10.6 Å². The van der Waals surface area contributed by atoms with Crippen LogP contribution in [0.1, 0.15) is 5.56 Å². The van der Waals surface area contributed by atoms with E-state index in [4.69, 9.17) is 27.8 Å². The zero-order chi connectivity index (χ0) is 16.4. The molecule has 5 nitrogen and oxygen atoms in total. The Morgan fingerprint density at radius 1 is 1.13 bits per heavy atom. The molecule has 118 valence electrons. The third-order valence-electron chi connectivity index (χ3n) is 3.61. The molecule has 0 radical (unpaired) electrons. The maximum absolute atomic E-state index is 6.13. The van der Waals surface area contributed by atoms with E-state index in [1.54, 1.807) is 11.8 Å². The van der Waals surface area contributed by atoms with E-state index in [1.165, 1.54) is 0 Å². The Labute approximate surface area is 139 Å². The van der Waals surface area contributed by atoms with Crippen LogP contribution in [0.3, 0.4) is 0 Å². The molecular formula is C17H17ClN4O. The van der Waals surface area contributed by atoms with Crippen LogP contribution in [-0.4, -0.2) is 16.9 Å². The average molecular weight is 329 g/mol. The van der Waals surface area contributed by atoms with Crippen molar-refractivity contribution in [3.63, 3.8) is 0 Å². The van der Waals surface area contributed by atoms with Crippen LogP contribution in [0.5, 0.6) is 5.75 Å². The second-order valence-corrected chi connectivity index (χ2v) is 5.60. The van der Waals surface area contributed by atoms with E-state index in [2.05, 4.69) is 5.10 Å². The molecule has 2 aromatic carbocycles. The van der Waals surface area contributed by atoms with Gasteiger partial charge in [-0.3, -0.25) is 4.68 Å². The van der Waals surface area contributed by atoms with Crippen LogP contribution >= 0.6 is 11.6 Å². The Morgan fingerprint density at radius 3 is 2.57 bits per heavy atom. The first-order valence-corrected chi connectivity index (χ1v) is 7.47. The number of rotatable bonds is 4. The number of nitrogens with zero attached hydrogens (tertiary/aromatic N) is 2. The summed E-state index contributed by atoms with van der Waals surface area (Å²) < 4.78 is 7.07. The van der Waals surface area contributed by atoms with Gasteiger partial charge in [-0.25, -0.2) is 0 Å². The minimum Gasteiger partial charge on any atom is -0.497 e. The lowest BCUT2D eigenvalue weighted by Crippen LogP contribution is -2.04. The first kappa shape index (κ1) is 15.2. The molecule has 6 heteroatoms. The van der Waals surface area contributed by atoms with Crippen molar-refractivity contribution in [2.45, 2.75) is 6.54 Å². The zero-order valence-electron chi connectivity index (χ0n) is 12.7.